The van der Waals surface area contributed by atoms with Gasteiger partial charge in [-0.25, -0.2) is 0 Å². The van der Waals surface area contributed by atoms with E-state index in [1.807, 2.05) is 12.3 Å². The van der Waals surface area contributed by atoms with Crippen LogP contribution in [0.3, 0.4) is 0 Å². The van der Waals surface area contributed by atoms with E-state index in [9.17, 15) is 4.79 Å². The number of hydrogen-bond acceptors (Lipinski definition) is 5. The zero-order valence-electron chi connectivity index (χ0n) is 19.0. The molecule has 1 aromatic carbocycles. The third-order valence-electron chi connectivity index (χ3n) is 8.03. The van der Waals surface area contributed by atoms with Gasteiger partial charge in [-0.1, -0.05) is 12.5 Å². The minimum atomic E-state index is -0.607. The summed E-state index contributed by atoms with van der Waals surface area (Å²) in [5.74, 6) is -0.264. The zero-order valence-corrected chi connectivity index (χ0v) is 19.0. The Labute approximate surface area is 194 Å². The van der Waals surface area contributed by atoms with E-state index in [1.165, 1.54) is 35.2 Å². The topological polar surface area (TPSA) is 98.1 Å². The Bertz CT molecular complexity index is 1250. The standard InChI is InChI=1S/C27H31N5O/c28-19-9-13-32(16-19)25-20-4-1-2-5-22(20)31-23-7-6-17(14-21(23)25)18-8-12-30-24(15-18)27(26(29)33)10-3-11-27/h6-8,12,14-15,19H,1-5,9-11,13,16,28H2,(H2,29,33)/t19-/m0/s1. The van der Waals surface area contributed by atoms with Crippen LogP contribution < -0.4 is 16.4 Å². The molecule has 6 heteroatoms. The molecule has 4 N–H and O–H groups in total. The van der Waals surface area contributed by atoms with Gasteiger partial charge in [0.2, 0.25) is 5.91 Å². The van der Waals surface area contributed by atoms with Crippen molar-refractivity contribution < 1.29 is 4.79 Å². The predicted molar refractivity (Wildman–Crippen MR) is 131 cm³/mol. The molecular weight excluding hydrogens is 410 g/mol. The first-order valence-corrected chi connectivity index (χ1v) is 12.3. The fourth-order valence-corrected chi connectivity index (χ4v) is 5.96. The van der Waals surface area contributed by atoms with Crippen LogP contribution in [0.25, 0.3) is 22.0 Å². The van der Waals surface area contributed by atoms with E-state index in [-0.39, 0.29) is 11.9 Å². The maximum atomic E-state index is 12.2. The molecule has 33 heavy (non-hydrogen) atoms. The molecule has 1 atom stereocenters. The highest BCUT2D eigenvalue weighted by molar-refractivity contribution is 5.97. The summed E-state index contributed by atoms with van der Waals surface area (Å²) in [6.07, 6.45) is 10.00. The monoisotopic (exact) mass is 441 g/mol. The van der Waals surface area contributed by atoms with Crippen LogP contribution in [0.4, 0.5) is 5.69 Å². The van der Waals surface area contributed by atoms with Gasteiger partial charge in [0, 0.05) is 36.4 Å². The van der Waals surface area contributed by atoms with Gasteiger partial charge in [0.15, 0.2) is 0 Å². The molecule has 2 aromatic heterocycles. The lowest BCUT2D eigenvalue weighted by Crippen LogP contribution is -2.47. The molecule has 0 radical (unpaired) electrons. The van der Waals surface area contributed by atoms with E-state index in [0.29, 0.717) is 0 Å². The van der Waals surface area contributed by atoms with Crippen molar-refractivity contribution in [3.63, 3.8) is 0 Å². The molecule has 0 spiro atoms. The SMILES string of the molecule is NC(=O)C1(c2cc(-c3ccc4nc5c(c(N6CC[C@H](N)C6)c4c3)CCCC5)ccn2)CCC1. The lowest BCUT2D eigenvalue weighted by molar-refractivity contribution is -0.126. The van der Waals surface area contributed by atoms with E-state index in [2.05, 4.69) is 34.1 Å². The summed E-state index contributed by atoms with van der Waals surface area (Å²) in [6.45, 7) is 1.90. The van der Waals surface area contributed by atoms with E-state index >= 15 is 0 Å². The molecule has 2 fully saturated rings. The van der Waals surface area contributed by atoms with E-state index in [4.69, 9.17) is 16.5 Å². The highest BCUT2D eigenvalue weighted by Gasteiger charge is 2.45. The van der Waals surface area contributed by atoms with Gasteiger partial charge < -0.3 is 16.4 Å². The lowest BCUT2D eigenvalue weighted by Gasteiger charge is -2.38. The second-order valence-corrected chi connectivity index (χ2v) is 10.0. The number of anilines is 1. The highest BCUT2D eigenvalue weighted by atomic mass is 16.1. The maximum absolute atomic E-state index is 12.2. The first-order valence-electron chi connectivity index (χ1n) is 12.3. The third-order valence-corrected chi connectivity index (χ3v) is 8.03. The van der Waals surface area contributed by atoms with Crippen LogP contribution >= 0.6 is 0 Å². The van der Waals surface area contributed by atoms with Crippen molar-refractivity contribution in [2.75, 3.05) is 18.0 Å². The van der Waals surface area contributed by atoms with Gasteiger partial charge in [-0.05, 0) is 85.9 Å². The fraction of sp³-hybridized carbons (Fsp3) is 0.444. The van der Waals surface area contributed by atoms with Crippen molar-refractivity contribution in [2.24, 2.45) is 11.5 Å². The number of primary amides is 1. The molecule has 1 saturated carbocycles. The molecule has 0 unspecified atom stereocenters. The molecule has 3 aliphatic rings. The Balaban J connectivity index is 1.49. The van der Waals surface area contributed by atoms with Crippen molar-refractivity contribution in [3.05, 3.63) is 53.5 Å². The number of aryl methyl sites for hydroxylation is 1. The van der Waals surface area contributed by atoms with Gasteiger partial charge in [0.1, 0.15) is 0 Å². The minimum Gasteiger partial charge on any atom is -0.369 e. The average Bonchev–Trinajstić information content (AvgIpc) is 3.22. The van der Waals surface area contributed by atoms with Crippen molar-refractivity contribution in [2.45, 2.75) is 62.8 Å². The van der Waals surface area contributed by atoms with Gasteiger partial charge in [-0.3, -0.25) is 14.8 Å². The molecule has 3 heterocycles. The van der Waals surface area contributed by atoms with Crippen LogP contribution in [0.1, 0.15) is 55.5 Å². The normalized spacial score (nSPS) is 21.6. The number of hydrogen-bond donors (Lipinski definition) is 2. The van der Waals surface area contributed by atoms with Crippen molar-refractivity contribution in [3.8, 4) is 11.1 Å². The van der Waals surface area contributed by atoms with Gasteiger partial charge in [-0.2, -0.15) is 0 Å². The van der Waals surface area contributed by atoms with Crippen LogP contribution in [0.2, 0.25) is 0 Å². The van der Waals surface area contributed by atoms with Crippen LogP contribution in [0.15, 0.2) is 36.5 Å². The second-order valence-electron chi connectivity index (χ2n) is 10.0. The number of pyridine rings is 2. The van der Waals surface area contributed by atoms with Crippen LogP contribution in [0.5, 0.6) is 0 Å². The number of benzene rings is 1. The first kappa shape index (κ1) is 20.6. The Morgan fingerprint density at radius 3 is 2.61 bits per heavy atom. The molecule has 1 aliphatic heterocycles. The number of carbonyl (C=O) groups excluding carboxylic acids is 1. The molecule has 170 valence electrons. The smallest absolute Gasteiger partial charge is 0.229 e. The number of nitrogens with zero attached hydrogens (tertiary/aromatic N) is 3. The molecule has 1 saturated heterocycles. The fourth-order valence-electron chi connectivity index (χ4n) is 5.96. The Morgan fingerprint density at radius 1 is 1.06 bits per heavy atom. The van der Waals surface area contributed by atoms with Gasteiger partial charge in [-0.15, -0.1) is 0 Å². The third kappa shape index (κ3) is 3.31. The van der Waals surface area contributed by atoms with E-state index < -0.39 is 5.41 Å². The van der Waals surface area contributed by atoms with Crippen LogP contribution in [-0.4, -0.2) is 35.0 Å². The second kappa shape index (κ2) is 7.80. The number of amides is 1. The maximum Gasteiger partial charge on any atom is 0.229 e. The van der Waals surface area contributed by atoms with E-state index in [1.54, 1.807) is 0 Å². The summed E-state index contributed by atoms with van der Waals surface area (Å²) < 4.78 is 0. The quantitative estimate of drug-likeness (QED) is 0.644. The summed E-state index contributed by atoms with van der Waals surface area (Å²) in [4.78, 5) is 24.3. The Kier molecular flexibility index (Phi) is 4.87. The van der Waals surface area contributed by atoms with Crippen molar-refractivity contribution >= 4 is 22.5 Å². The molecular formula is C27H31N5O. The van der Waals surface area contributed by atoms with Gasteiger partial charge in [0.25, 0.3) is 0 Å². The van der Waals surface area contributed by atoms with Crippen molar-refractivity contribution in [1.82, 2.24) is 9.97 Å². The molecule has 1 amide bonds. The summed E-state index contributed by atoms with van der Waals surface area (Å²) >= 11 is 0. The number of carbonyl (C=O) groups is 1. The largest absolute Gasteiger partial charge is 0.369 e. The molecule has 2 aliphatic carbocycles. The number of fused-ring (bicyclic) bond motifs is 2. The molecule has 3 aromatic rings. The van der Waals surface area contributed by atoms with Gasteiger partial charge in [0.05, 0.1) is 22.3 Å². The first-order chi connectivity index (χ1) is 16.0. The van der Waals surface area contributed by atoms with Crippen molar-refractivity contribution in [1.29, 1.82) is 0 Å². The van der Waals surface area contributed by atoms with Gasteiger partial charge >= 0.3 is 0 Å². The summed E-state index contributed by atoms with van der Waals surface area (Å²) in [5.41, 5.74) is 19.5. The lowest BCUT2D eigenvalue weighted by atomic mass is 9.65. The molecule has 0 bridgehead atoms. The number of aromatic nitrogens is 2. The van der Waals surface area contributed by atoms with Crippen LogP contribution in [-0.2, 0) is 23.1 Å². The average molecular weight is 442 g/mol. The number of nitrogens with two attached hydrogens (primary N) is 2. The highest BCUT2D eigenvalue weighted by Crippen LogP contribution is 2.44. The summed E-state index contributed by atoms with van der Waals surface area (Å²) in [7, 11) is 0. The summed E-state index contributed by atoms with van der Waals surface area (Å²) in [6, 6.07) is 10.9. The number of rotatable bonds is 4. The Morgan fingerprint density at radius 2 is 1.88 bits per heavy atom. The Hall–Kier alpha value is -2.99. The molecule has 6 nitrogen and oxygen atoms in total. The molecule has 6 rings (SSSR count). The van der Waals surface area contributed by atoms with E-state index in [0.717, 1.165) is 74.0 Å². The van der Waals surface area contributed by atoms with Crippen LogP contribution in [0, 0.1) is 0 Å². The predicted octanol–water partition coefficient (Wildman–Crippen LogP) is 3.62. The minimum absolute atomic E-state index is 0.228. The summed E-state index contributed by atoms with van der Waals surface area (Å²) in [5, 5.41) is 1.20. The zero-order chi connectivity index (χ0) is 22.6.